The van der Waals surface area contributed by atoms with Crippen molar-refractivity contribution >= 4 is 11.6 Å². The van der Waals surface area contributed by atoms with Crippen molar-refractivity contribution in [2.24, 2.45) is 0 Å². The van der Waals surface area contributed by atoms with Gasteiger partial charge in [-0.3, -0.25) is 4.79 Å². The number of carbonyl (C=O) groups excluding carboxylic acids is 1. The van der Waals surface area contributed by atoms with Gasteiger partial charge in [-0.25, -0.2) is 9.37 Å². The molecule has 1 aliphatic rings. The van der Waals surface area contributed by atoms with Crippen molar-refractivity contribution in [3.8, 4) is 0 Å². The molecule has 2 aromatic rings. The maximum atomic E-state index is 13.4. The predicted molar refractivity (Wildman–Crippen MR) is 71.4 cm³/mol. The summed E-state index contributed by atoms with van der Waals surface area (Å²) in [5.74, 6) is -0.328. The van der Waals surface area contributed by atoms with E-state index < -0.39 is 12.2 Å². The fraction of sp³-hybridized carbons (Fsp3) is 0.429. The third-order valence-corrected chi connectivity index (χ3v) is 3.67. The minimum atomic E-state index is -1.07. The van der Waals surface area contributed by atoms with Crippen LogP contribution in [-0.2, 0) is 0 Å². The van der Waals surface area contributed by atoms with Crippen molar-refractivity contribution in [1.82, 2.24) is 14.3 Å². The monoisotopic (exact) mass is 277 g/mol. The van der Waals surface area contributed by atoms with Gasteiger partial charge in [0.2, 0.25) is 0 Å². The lowest BCUT2D eigenvalue weighted by atomic mass is 10.2. The number of aryl methyl sites for hydroxylation is 1. The number of aromatic nitrogens is 2. The number of halogens is 1. The zero-order chi connectivity index (χ0) is 14.3. The Labute approximate surface area is 115 Å². The molecular formula is C14H16FN3O2. The van der Waals surface area contributed by atoms with Gasteiger partial charge in [0.1, 0.15) is 17.5 Å². The molecule has 0 bridgehead atoms. The molecule has 2 atom stereocenters. The number of aliphatic hydroxyl groups excluding tert-OH is 1. The van der Waals surface area contributed by atoms with E-state index in [4.69, 9.17) is 0 Å². The number of nitrogens with zero attached hydrogens (tertiary/aromatic N) is 3. The summed E-state index contributed by atoms with van der Waals surface area (Å²) in [5, 5.41) is 9.24. The van der Waals surface area contributed by atoms with Gasteiger partial charge in [0.05, 0.1) is 19.2 Å². The smallest absolute Gasteiger partial charge is 0.274 e. The fourth-order valence-electron chi connectivity index (χ4n) is 2.62. The van der Waals surface area contributed by atoms with Crippen LogP contribution >= 0.6 is 0 Å². The molecule has 3 heterocycles. The highest BCUT2D eigenvalue weighted by Gasteiger charge is 2.36. The maximum Gasteiger partial charge on any atom is 0.274 e. The molecule has 1 aliphatic heterocycles. The van der Waals surface area contributed by atoms with Crippen molar-refractivity contribution in [1.29, 1.82) is 0 Å². The zero-order valence-electron chi connectivity index (χ0n) is 11.2. The van der Waals surface area contributed by atoms with E-state index in [2.05, 4.69) is 4.98 Å². The molecule has 106 valence electrons. The van der Waals surface area contributed by atoms with Gasteiger partial charge in [-0.05, 0) is 24.6 Å². The van der Waals surface area contributed by atoms with E-state index in [1.807, 2.05) is 25.3 Å². The summed E-state index contributed by atoms with van der Waals surface area (Å²) in [4.78, 5) is 18.0. The second kappa shape index (κ2) is 4.86. The van der Waals surface area contributed by atoms with Crippen LogP contribution in [0.1, 0.15) is 22.5 Å². The molecule has 5 nitrogen and oxygen atoms in total. The van der Waals surface area contributed by atoms with Crippen LogP contribution in [0.5, 0.6) is 0 Å². The minimum Gasteiger partial charge on any atom is -0.394 e. The van der Waals surface area contributed by atoms with Gasteiger partial charge in [-0.1, -0.05) is 0 Å². The number of aliphatic hydroxyl groups is 1. The van der Waals surface area contributed by atoms with Gasteiger partial charge in [0.25, 0.3) is 5.91 Å². The van der Waals surface area contributed by atoms with Gasteiger partial charge in [-0.2, -0.15) is 0 Å². The molecule has 1 saturated heterocycles. The molecule has 1 fully saturated rings. The molecule has 0 aromatic carbocycles. The summed E-state index contributed by atoms with van der Waals surface area (Å²) in [6.07, 6.45) is 2.58. The number of rotatable bonds is 2. The standard InChI is InChI=1S/C14H16FN3O2/c1-9-2-3-17-7-12(16-13(17)4-9)14(20)18-6-10(15)5-11(18)8-19/h2-4,7,10-11,19H,5-6,8H2,1H3/t10-,11-/m0/s1. The quantitative estimate of drug-likeness (QED) is 0.897. The van der Waals surface area contributed by atoms with Crippen molar-refractivity contribution in [3.05, 3.63) is 35.8 Å². The number of likely N-dealkylation sites (tertiary alicyclic amines) is 1. The number of imidazole rings is 1. The molecule has 0 saturated carbocycles. The number of pyridine rings is 1. The molecular weight excluding hydrogens is 261 g/mol. The molecule has 0 radical (unpaired) electrons. The van der Waals surface area contributed by atoms with E-state index in [1.165, 1.54) is 4.90 Å². The van der Waals surface area contributed by atoms with E-state index in [-0.39, 0.29) is 31.2 Å². The van der Waals surface area contributed by atoms with E-state index in [9.17, 15) is 14.3 Å². The average Bonchev–Trinajstić information content (AvgIpc) is 3.00. The highest BCUT2D eigenvalue weighted by Crippen LogP contribution is 2.22. The number of hydrogen-bond donors (Lipinski definition) is 1. The molecule has 2 aromatic heterocycles. The minimum absolute atomic E-state index is 0.0248. The Morgan fingerprint density at radius 3 is 3.15 bits per heavy atom. The molecule has 0 unspecified atom stereocenters. The summed E-state index contributed by atoms with van der Waals surface area (Å²) in [6, 6.07) is 3.35. The summed E-state index contributed by atoms with van der Waals surface area (Å²) in [7, 11) is 0. The molecule has 0 aliphatic carbocycles. The lowest BCUT2D eigenvalue weighted by molar-refractivity contribution is 0.0667. The number of carbonyl (C=O) groups is 1. The van der Waals surface area contributed by atoms with Gasteiger partial charge in [0.15, 0.2) is 0 Å². The molecule has 3 rings (SSSR count). The Kier molecular flexibility index (Phi) is 3.17. The van der Waals surface area contributed by atoms with E-state index in [0.29, 0.717) is 5.65 Å². The van der Waals surface area contributed by atoms with Crippen LogP contribution in [0, 0.1) is 6.92 Å². The van der Waals surface area contributed by atoms with Crippen molar-refractivity contribution < 1.29 is 14.3 Å². The van der Waals surface area contributed by atoms with Gasteiger partial charge in [0, 0.05) is 18.8 Å². The van der Waals surface area contributed by atoms with Crippen LogP contribution in [0.4, 0.5) is 4.39 Å². The summed E-state index contributed by atoms with van der Waals surface area (Å²) in [6.45, 7) is 1.75. The Hall–Kier alpha value is -1.95. The Morgan fingerprint density at radius 1 is 1.60 bits per heavy atom. The van der Waals surface area contributed by atoms with Gasteiger partial charge in [-0.15, -0.1) is 0 Å². The third-order valence-electron chi connectivity index (χ3n) is 3.67. The van der Waals surface area contributed by atoms with E-state index in [1.54, 1.807) is 10.6 Å². The summed E-state index contributed by atoms with van der Waals surface area (Å²) in [5.41, 5.74) is 2.02. The van der Waals surface area contributed by atoms with Crippen LogP contribution < -0.4 is 0 Å². The largest absolute Gasteiger partial charge is 0.394 e. The van der Waals surface area contributed by atoms with Crippen molar-refractivity contribution in [2.75, 3.05) is 13.2 Å². The highest BCUT2D eigenvalue weighted by atomic mass is 19.1. The second-order valence-electron chi connectivity index (χ2n) is 5.22. The third kappa shape index (κ3) is 2.16. The van der Waals surface area contributed by atoms with Crippen LogP contribution in [0.3, 0.4) is 0 Å². The van der Waals surface area contributed by atoms with Crippen LogP contribution in [0.2, 0.25) is 0 Å². The molecule has 6 heteroatoms. The second-order valence-corrected chi connectivity index (χ2v) is 5.22. The van der Waals surface area contributed by atoms with Gasteiger partial charge >= 0.3 is 0 Å². The predicted octanol–water partition coefficient (Wildman–Crippen LogP) is 1.19. The maximum absolute atomic E-state index is 13.4. The first-order valence-electron chi connectivity index (χ1n) is 6.59. The Morgan fingerprint density at radius 2 is 2.40 bits per heavy atom. The number of fused-ring (bicyclic) bond motifs is 1. The van der Waals surface area contributed by atoms with Crippen LogP contribution in [0.15, 0.2) is 24.5 Å². The zero-order valence-corrected chi connectivity index (χ0v) is 11.2. The Bertz CT molecular complexity index is 655. The normalized spacial score (nSPS) is 22.6. The highest BCUT2D eigenvalue weighted by molar-refractivity contribution is 5.93. The van der Waals surface area contributed by atoms with Crippen molar-refractivity contribution in [3.63, 3.8) is 0 Å². The van der Waals surface area contributed by atoms with Crippen molar-refractivity contribution in [2.45, 2.75) is 25.6 Å². The molecule has 1 N–H and O–H groups in total. The van der Waals surface area contributed by atoms with Gasteiger partial charge < -0.3 is 14.4 Å². The summed E-state index contributed by atoms with van der Waals surface area (Å²) < 4.78 is 15.2. The Balaban J connectivity index is 1.92. The first-order chi connectivity index (χ1) is 9.58. The first-order valence-corrected chi connectivity index (χ1v) is 6.59. The fourth-order valence-corrected chi connectivity index (χ4v) is 2.62. The van der Waals surface area contributed by atoms with Crippen LogP contribution in [0.25, 0.3) is 5.65 Å². The first kappa shape index (κ1) is 13.1. The SMILES string of the molecule is Cc1ccn2cc(C(=O)N3C[C@@H](F)C[C@H]3CO)nc2c1. The number of hydrogen-bond acceptors (Lipinski definition) is 3. The van der Waals surface area contributed by atoms with E-state index in [0.717, 1.165) is 5.56 Å². The lowest BCUT2D eigenvalue weighted by Gasteiger charge is -2.21. The molecule has 1 amide bonds. The average molecular weight is 277 g/mol. The topological polar surface area (TPSA) is 57.8 Å². The van der Waals surface area contributed by atoms with E-state index >= 15 is 0 Å². The molecule has 0 spiro atoms. The number of alkyl halides is 1. The van der Waals surface area contributed by atoms with Crippen LogP contribution in [-0.4, -0.2) is 50.7 Å². The number of amides is 1. The summed E-state index contributed by atoms with van der Waals surface area (Å²) >= 11 is 0. The molecule has 20 heavy (non-hydrogen) atoms. The lowest BCUT2D eigenvalue weighted by Crippen LogP contribution is -2.38.